The third kappa shape index (κ3) is 4.51. The number of carbonyl (C=O) groups is 2. The second-order valence-corrected chi connectivity index (χ2v) is 8.51. The van der Waals surface area contributed by atoms with Gasteiger partial charge >= 0.3 is 0 Å². The summed E-state index contributed by atoms with van der Waals surface area (Å²) in [5, 5.41) is 13.6. The Labute approximate surface area is 177 Å². The Kier molecular flexibility index (Phi) is 5.54. The van der Waals surface area contributed by atoms with Gasteiger partial charge < -0.3 is 5.32 Å². The molecule has 1 atom stereocenters. The van der Waals surface area contributed by atoms with E-state index in [9.17, 15) is 19.7 Å². The predicted molar refractivity (Wildman–Crippen MR) is 116 cm³/mol. The average Bonchev–Trinajstić information content (AvgIpc) is 3.49. The van der Waals surface area contributed by atoms with Crippen LogP contribution in [-0.2, 0) is 9.59 Å². The number of aliphatic imine (C=N–C) groups is 1. The van der Waals surface area contributed by atoms with Gasteiger partial charge in [-0.05, 0) is 38.0 Å². The van der Waals surface area contributed by atoms with Crippen LogP contribution in [0.3, 0.4) is 0 Å². The summed E-state index contributed by atoms with van der Waals surface area (Å²) in [6.07, 6.45) is 1.85. The predicted octanol–water partition coefficient (Wildman–Crippen LogP) is 4.03. The zero-order valence-electron chi connectivity index (χ0n) is 16.3. The molecule has 2 amide bonds. The number of non-ortho nitro benzene ring substituents is 1. The fourth-order valence-corrected chi connectivity index (χ4v) is 4.38. The van der Waals surface area contributed by atoms with E-state index < -0.39 is 10.2 Å². The van der Waals surface area contributed by atoms with E-state index in [2.05, 4.69) is 10.3 Å². The zero-order valence-corrected chi connectivity index (χ0v) is 17.1. The maximum Gasteiger partial charge on any atom is 0.271 e. The van der Waals surface area contributed by atoms with E-state index in [1.165, 1.54) is 30.0 Å². The van der Waals surface area contributed by atoms with Gasteiger partial charge in [-0.15, -0.1) is 0 Å². The molecule has 0 aromatic heterocycles. The van der Waals surface area contributed by atoms with Gasteiger partial charge in [-0.1, -0.05) is 35.5 Å². The molecule has 1 unspecified atom stereocenters. The molecule has 2 aromatic rings. The van der Waals surface area contributed by atoms with Crippen molar-refractivity contribution in [2.45, 2.75) is 37.5 Å². The normalized spacial score (nSPS) is 19.9. The molecule has 0 bridgehead atoms. The Bertz CT molecular complexity index is 1030. The molecule has 1 saturated heterocycles. The first kappa shape index (κ1) is 20.1. The van der Waals surface area contributed by atoms with Gasteiger partial charge in [-0.25, -0.2) is 4.99 Å². The number of carbonyl (C=O) groups excluding carboxylic acids is 2. The molecule has 1 saturated carbocycles. The molecule has 1 heterocycles. The molecule has 1 aliphatic heterocycles. The standard InChI is InChI=1S/C21H20N4O4S/c1-13-5-7-14(8-6-13)23-21-24(16-9-10-16)20(27)18(30-21)12-19(26)22-15-3-2-4-17(11-15)25(28)29/h2-8,11,16,18H,9-10,12H2,1H3,(H,22,26). The first-order valence-corrected chi connectivity index (χ1v) is 10.5. The van der Waals surface area contributed by atoms with E-state index in [0.29, 0.717) is 10.9 Å². The highest BCUT2D eigenvalue weighted by Crippen LogP contribution is 2.39. The Morgan fingerprint density at radius 1 is 1.27 bits per heavy atom. The summed E-state index contributed by atoms with van der Waals surface area (Å²) in [5.41, 5.74) is 2.12. The van der Waals surface area contributed by atoms with Crippen molar-refractivity contribution in [3.8, 4) is 0 Å². The van der Waals surface area contributed by atoms with Crippen LogP contribution in [0.4, 0.5) is 17.1 Å². The van der Waals surface area contributed by atoms with Crippen molar-refractivity contribution in [1.82, 2.24) is 4.90 Å². The molecular formula is C21H20N4O4S. The monoisotopic (exact) mass is 424 g/mol. The van der Waals surface area contributed by atoms with Crippen molar-refractivity contribution in [1.29, 1.82) is 0 Å². The molecule has 154 valence electrons. The Hall–Kier alpha value is -3.20. The van der Waals surface area contributed by atoms with E-state index in [1.807, 2.05) is 31.2 Å². The third-order valence-electron chi connectivity index (χ3n) is 4.85. The number of nitrogens with one attached hydrogen (secondary N) is 1. The van der Waals surface area contributed by atoms with Crippen molar-refractivity contribution in [3.05, 3.63) is 64.2 Å². The number of aryl methyl sites for hydroxylation is 1. The molecule has 2 aromatic carbocycles. The van der Waals surface area contributed by atoms with Gasteiger partial charge in [0.2, 0.25) is 11.8 Å². The molecule has 2 fully saturated rings. The van der Waals surface area contributed by atoms with E-state index in [4.69, 9.17) is 0 Å². The number of nitro groups is 1. The lowest BCUT2D eigenvalue weighted by Crippen LogP contribution is -2.35. The van der Waals surface area contributed by atoms with Gasteiger partial charge in [0.25, 0.3) is 5.69 Å². The molecule has 2 aliphatic rings. The fourth-order valence-electron chi connectivity index (χ4n) is 3.17. The Morgan fingerprint density at radius 2 is 2.00 bits per heavy atom. The zero-order chi connectivity index (χ0) is 21.3. The Balaban J connectivity index is 1.47. The highest BCUT2D eigenvalue weighted by Gasteiger charge is 2.46. The molecule has 8 nitrogen and oxygen atoms in total. The average molecular weight is 424 g/mol. The lowest BCUT2D eigenvalue weighted by molar-refractivity contribution is -0.384. The van der Waals surface area contributed by atoms with Crippen LogP contribution in [0.1, 0.15) is 24.8 Å². The van der Waals surface area contributed by atoms with Crippen molar-refractivity contribution >= 4 is 45.8 Å². The van der Waals surface area contributed by atoms with E-state index >= 15 is 0 Å². The minimum absolute atomic E-state index is 0.0255. The van der Waals surface area contributed by atoms with Gasteiger partial charge in [0.05, 0.1) is 10.6 Å². The second kappa shape index (κ2) is 8.27. The quantitative estimate of drug-likeness (QED) is 0.557. The smallest absolute Gasteiger partial charge is 0.271 e. The number of nitro benzene ring substituents is 1. The fraction of sp³-hybridized carbons (Fsp3) is 0.286. The lowest BCUT2D eigenvalue weighted by atomic mass is 10.2. The lowest BCUT2D eigenvalue weighted by Gasteiger charge is -2.15. The number of rotatable bonds is 6. The van der Waals surface area contributed by atoms with E-state index in [1.54, 1.807) is 11.0 Å². The Morgan fingerprint density at radius 3 is 2.67 bits per heavy atom. The summed E-state index contributed by atoms with van der Waals surface area (Å²) in [6, 6.07) is 13.6. The summed E-state index contributed by atoms with van der Waals surface area (Å²) >= 11 is 1.30. The van der Waals surface area contributed by atoms with Crippen LogP contribution in [0.15, 0.2) is 53.5 Å². The number of nitrogens with zero attached hydrogens (tertiary/aromatic N) is 3. The third-order valence-corrected chi connectivity index (χ3v) is 6.00. The summed E-state index contributed by atoms with van der Waals surface area (Å²) in [7, 11) is 0. The number of thioether (sulfide) groups is 1. The van der Waals surface area contributed by atoms with Crippen molar-refractivity contribution in [3.63, 3.8) is 0 Å². The molecule has 4 rings (SSSR count). The number of anilines is 1. The van der Waals surface area contributed by atoms with E-state index in [-0.39, 0.29) is 30.0 Å². The SMILES string of the molecule is Cc1ccc(N=C2SC(CC(=O)Nc3cccc([N+](=O)[O-])c3)C(=O)N2C2CC2)cc1. The molecule has 0 radical (unpaired) electrons. The number of amidine groups is 1. The van der Waals surface area contributed by atoms with Crippen LogP contribution in [-0.4, -0.2) is 38.1 Å². The summed E-state index contributed by atoms with van der Waals surface area (Å²) in [5.74, 6) is -0.476. The maximum absolute atomic E-state index is 12.9. The van der Waals surface area contributed by atoms with Crippen LogP contribution in [0.5, 0.6) is 0 Å². The molecular weight excluding hydrogens is 404 g/mol. The van der Waals surface area contributed by atoms with Crippen LogP contribution < -0.4 is 5.32 Å². The summed E-state index contributed by atoms with van der Waals surface area (Å²) in [4.78, 5) is 42.2. The second-order valence-electron chi connectivity index (χ2n) is 7.34. The number of hydrogen-bond donors (Lipinski definition) is 1. The van der Waals surface area contributed by atoms with Crippen LogP contribution in [0, 0.1) is 17.0 Å². The molecule has 0 spiro atoms. The van der Waals surface area contributed by atoms with Crippen molar-refractivity contribution < 1.29 is 14.5 Å². The minimum atomic E-state index is -0.562. The molecule has 1 aliphatic carbocycles. The van der Waals surface area contributed by atoms with Gasteiger partial charge in [-0.3, -0.25) is 24.6 Å². The van der Waals surface area contributed by atoms with Gasteiger partial charge in [0, 0.05) is 30.3 Å². The number of amides is 2. The number of hydrogen-bond acceptors (Lipinski definition) is 6. The van der Waals surface area contributed by atoms with Crippen molar-refractivity contribution in [2.24, 2.45) is 4.99 Å². The molecule has 1 N–H and O–H groups in total. The van der Waals surface area contributed by atoms with Crippen LogP contribution >= 0.6 is 11.8 Å². The first-order chi connectivity index (χ1) is 14.4. The van der Waals surface area contributed by atoms with Crippen LogP contribution in [0.2, 0.25) is 0 Å². The molecule has 30 heavy (non-hydrogen) atoms. The van der Waals surface area contributed by atoms with Crippen LogP contribution in [0.25, 0.3) is 0 Å². The van der Waals surface area contributed by atoms with E-state index in [0.717, 1.165) is 24.1 Å². The van der Waals surface area contributed by atoms with Gasteiger partial charge in [0.15, 0.2) is 5.17 Å². The minimum Gasteiger partial charge on any atom is -0.326 e. The summed E-state index contributed by atoms with van der Waals surface area (Å²) < 4.78 is 0. The maximum atomic E-state index is 12.9. The summed E-state index contributed by atoms with van der Waals surface area (Å²) in [6.45, 7) is 2.00. The topological polar surface area (TPSA) is 105 Å². The van der Waals surface area contributed by atoms with Gasteiger partial charge in [-0.2, -0.15) is 0 Å². The van der Waals surface area contributed by atoms with Crippen molar-refractivity contribution in [2.75, 3.05) is 5.32 Å². The highest BCUT2D eigenvalue weighted by molar-refractivity contribution is 8.15. The first-order valence-electron chi connectivity index (χ1n) is 9.60. The van der Waals surface area contributed by atoms with Gasteiger partial charge in [0.1, 0.15) is 5.25 Å². The largest absolute Gasteiger partial charge is 0.326 e. The number of benzene rings is 2. The molecule has 9 heteroatoms. The highest BCUT2D eigenvalue weighted by atomic mass is 32.2.